The van der Waals surface area contributed by atoms with E-state index in [9.17, 15) is 22.8 Å². The second kappa shape index (κ2) is 13.9. The number of carboxylic acids is 1. The van der Waals surface area contributed by atoms with E-state index >= 15 is 0 Å². The predicted octanol–water partition coefficient (Wildman–Crippen LogP) is 4.82. The van der Waals surface area contributed by atoms with E-state index in [0.717, 1.165) is 63.5 Å². The fourth-order valence-electron chi connectivity index (χ4n) is 3.54. The minimum Gasteiger partial charge on any atom is -0.477 e. The zero-order chi connectivity index (χ0) is 28.4. The SMILES string of the molecule is Cc1ccc(NC(=O)c2cccc(C(F)(F)F)c2)cc1N.O=C(O)c1cnc(NCCCN2CCOCC2)s1. The maximum atomic E-state index is 12.6. The summed E-state index contributed by atoms with van der Waals surface area (Å²) in [6.45, 7) is 7.30. The van der Waals surface area contributed by atoms with Gasteiger partial charge in [-0.3, -0.25) is 9.69 Å². The van der Waals surface area contributed by atoms with Gasteiger partial charge >= 0.3 is 12.1 Å². The van der Waals surface area contributed by atoms with Gasteiger partial charge in [0.05, 0.1) is 25.0 Å². The Morgan fingerprint density at radius 1 is 1.18 bits per heavy atom. The second-order valence-corrected chi connectivity index (χ2v) is 9.70. The maximum absolute atomic E-state index is 12.6. The van der Waals surface area contributed by atoms with Gasteiger partial charge in [0.2, 0.25) is 0 Å². The molecule has 2 aromatic carbocycles. The highest BCUT2D eigenvalue weighted by molar-refractivity contribution is 7.17. The van der Waals surface area contributed by atoms with Gasteiger partial charge in [-0.05, 0) is 55.8 Å². The summed E-state index contributed by atoms with van der Waals surface area (Å²) in [7, 11) is 0. The fraction of sp³-hybridized carbons (Fsp3) is 0.346. The number of benzene rings is 2. The molecule has 0 spiro atoms. The number of hydrogen-bond acceptors (Lipinski definition) is 8. The van der Waals surface area contributed by atoms with Crippen LogP contribution in [-0.2, 0) is 10.9 Å². The number of thiazole rings is 1. The number of hydrogen-bond donors (Lipinski definition) is 4. The number of ether oxygens (including phenoxy) is 1. The van der Waals surface area contributed by atoms with Crippen molar-refractivity contribution in [2.45, 2.75) is 19.5 Å². The van der Waals surface area contributed by atoms with Crippen LogP contribution in [0.2, 0.25) is 0 Å². The number of nitrogens with two attached hydrogens (primary N) is 1. The third-order valence-electron chi connectivity index (χ3n) is 5.74. The van der Waals surface area contributed by atoms with E-state index in [1.165, 1.54) is 29.7 Å². The van der Waals surface area contributed by atoms with E-state index in [4.69, 9.17) is 15.6 Å². The molecule has 2 heterocycles. The summed E-state index contributed by atoms with van der Waals surface area (Å²) in [5.74, 6) is -1.54. The zero-order valence-corrected chi connectivity index (χ0v) is 22.1. The number of nitrogens with zero attached hydrogens (tertiary/aromatic N) is 2. The molecule has 5 N–H and O–H groups in total. The molecule has 1 fully saturated rings. The van der Waals surface area contributed by atoms with Crippen molar-refractivity contribution >= 4 is 39.7 Å². The Kier molecular flexibility index (Phi) is 10.7. The zero-order valence-electron chi connectivity index (χ0n) is 21.3. The molecule has 1 saturated heterocycles. The molecular weight excluding hydrogens is 535 g/mol. The molecule has 0 bridgehead atoms. The van der Waals surface area contributed by atoms with Crippen molar-refractivity contribution in [1.82, 2.24) is 9.88 Å². The summed E-state index contributed by atoms with van der Waals surface area (Å²) >= 11 is 1.17. The minimum absolute atomic E-state index is 0.0658. The molecule has 1 aliphatic heterocycles. The standard InChI is InChI=1S/C15H13F3N2O.C11H17N3O3S/c1-9-5-6-12(8-13(9)19)20-14(21)10-3-2-4-11(7-10)15(16,17)18;15-10(16)9-8-13-11(18-9)12-2-1-3-14-4-6-17-7-5-14/h2-8H,19H2,1H3,(H,20,21);8H,1-7H2,(H,12,13)(H,15,16). The predicted molar refractivity (Wildman–Crippen MR) is 144 cm³/mol. The van der Waals surface area contributed by atoms with Crippen molar-refractivity contribution < 1.29 is 32.6 Å². The van der Waals surface area contributed by atoms with E-state index < -0.39 is 23.6 Å². The lowest BCUT2D eigenvalue weighted by molar-refractivity contribution is -0.137. The molecule has 1 amide bonds. The Labute approximate surface area is 227 Å². The largest absolute Gasteiger partial charge is 0.477 e. The molecule has 1 aliphatic rings. The second-order valence-electron chi connectivity index (χ2n) is 8.67. The fourth-order valence-corrected chi connectivity index (χ4v) is 4.22. The first-order valence-electron chi connectivity index (χ1n) is 12.1. The van der Waals surface area contributed by atoms with E-state index in [1.54, 1.807) is 18.2 Å². The quantitative estimate of drug-likeness (QED) is 0.226. The van der Waals surface area contributed by atoms with Crippen LogP contribution in [0.3, 0.4) is 0 Å². The number of rotatable bonds is 8. The van der Waals surface area contributed by atoms with Gasteiger partial charge in [0.25, 0.3) is 5.91 Å². The summed E-state index contributed by atoms with van der Waals surface area (Å²) < 4.78 is 43.1. The smallest absolute Gasteiger partial charge is 0.416 e. The van der Waals surface area contributed by atoms with Crippen LogP contribution >= 0.6 is 11.3 Å². The van der Waals surface area contributed by atoms with Crippen LogP contribution in [0.25, 0.3) is 0 Å². The molecule has 1 aromatic heterocycles. The van der Waals surface area contributed by atoms with Gasteiger partial charge in [-0.15, -0.1) is 0 Å². The number of nitrogen functional groups attached to an aromatic ring is 1. The van der Waals surface area contributed by atoms with Gasteiger partial charge in [-0.2, -0.15) is 13.2 Å². The third-order valence-corrected chi connectivity index (χ3v) is 6.68. The van der Waals surface area contributed by atoms with Gasteiger partial charge in [0.1, 0.15) is 4.88 Å². The van der Waals surface area contributed by atoms with Gasteiger partial charge < -0.3 is 26.2 Å². The molecule has 210 valence electrons. The average molecular weight is 566 g/mol. The number of carbonyl (C=O) groups is 2. The van der Waals surface area contributed by atoms with Crippen LogP contribution in [0.5, 0.6) is 0 Å². The van der Waals surface area contributed by atoms with Gasteiger partial charge in [0, 0.05) is 36.6 Å². The number of halogens is 3. The Morgan fingerprint density at radius 3 is 2.56 bits per heavy atom. The molecule has 0 unspecified atom stereocenters. The first kappa shape index (κ1) is 29.9. The highest BCUT2D eigenvalue weighted by Gasteiger charge is 2.30. The number of amides is 1. The minimum atomic E-state index is -4.48. The third kappa shape index (κ3) is 9.53. The number of alkyl halides is 3. The topological polar surface area (TPSA) is 130 Å². The van der Waals surface area contributed by atoms with Crippen molar-refractivity contribution in [3.05, 3.63) is 70.2 Å². The van der Waals surface area contributed by atoms with Crippen LogP contribution in [0.4, 0.5) is 29.7 Å². The molecule has 4 rings (SSSR count). The van der Waals surface area contributed by atoms with Crippen molar-refractivity contribution in [1.29, 1.82) is 0 Å². The highest BCUT2D eigenvalue weighted by Crippen LogP contribution is 2.29. The van der Waals surface area contributed by atoms with Crippen LogP contribution in [0.1, 0.15) is 37.6 Å². The number of carboxylic acid groups (broad SMARTS) is 1. The Hall–Kier alpha value is -3.68. The van der Waals surface area contributed by atoms with Crippen LogP contribution in [0, 0.1) is 6.92 Å². The van der Waals surface area contributed by atoms with Crippen LogP contribution < -0.4 is 16.4 Å². The first-order chi connectivity index (χ1) is 18.5. The lowest BCUT2D eigenvalue weighted by atomic mass is 10.1. The summed E-state index contributed by atoms with van der Waals surface area (Å²) in [4.78, 5) is 29.3. The molecule has 0 radical (unpaired) electrons. The summed E-state index contributed by atoms with van der Waals surface area (Å²) in [5.41, 5.74) is 6.57. The Morgan fingerprint density at radius 2 is 1.92 bits per heavy atom. The number of morpholine rings is 1. The number of aromatic carboxylic acids is 1. The Bertz CT molecular complexity index is 1260. The van der Waals surface area contributed by atoms with E-state index in [1.807, 2.05) is 6.92 Å². The van der Waals surface area contributed by atoms with Gasteiger partial charge in [-0.1, -0.05) is 23.5 Å². The van der Waals surface area contributed by atoms with Gasteiger partial charge in [-0.25, -0.2) is 9.78 Å². The lowest BCUT2D eigenvalue weighted by Crippen LogP contribution is -2.37. The number of nitrogens with one attached hydrogen (secondary N) is 2. The average Bonchev–Trinajstić information content (AvgIpc) is 3.39. The first-order valence-corrected chi connectivity index (χ1v) is 12.9. The van der Waals surface area contributed by atoms with Crippen molar-refractivity contribution in [3.63, 3.8) is 0 Å². The van der Waals surface area contributed by atoms with Gasteiger partial charge in [0.15, 0.2) is 5.13 Å². The van der Waals surface area contributed by atoms with Crippen LogP contribution in [0.15, 0.2) is 48.7 Å². The maximum Gasteiger partial charge on any atom is 0.416 e. The van der Waals surface area contributed by atoms with Crippen molar-refractivity contribution in [2.75, 3.05) is 55.8 Å². The molecule has 3 aromatic rings. The number of aromatic nitrogens is 1. The molecule has 9 nitrogen and oxygen atoms in total. The number of anilines is 3. The molecule has 0 saturated carbocycles. The summed E-state index contributed by atoms with van der Waals surface area (Å²) in [5, 5.41) is 15.1. The highest BCUT2D eigenvalue weighted by atomic mass is 32.1. The van der Waals surface area contributed by atoms with E-state index in [2.05, 4.69) is 20.5 Å². The summed E-state index contributed by atoms with van der Waals surface area (Å²) in [6.07, 6.45) is -2.08. The summed E-state index contributed by atoms with van der Waals surface area (Å²) in [6, 6.07) is 9.16. The van der Waals surface area contributed by atoms with Crippen molar-refractivity contribution in [3.8, 4) is 0 Å². The normalized spacial score (nSPS) is 13.7. The molecule has 0 aliphatic carbocycles. The van der Waals surface area contributed by atoms with E-state index in [0.29, 0.717) is 16.5 Å². The number of carbonyl (C=O) groups excluding carboxylic acids is 1. The van der Waals surface area contributed by atoms with E-state index in [-0.39, 0.29) is 10.4 Å². The van der Waals surface area contributed by atoms with Crippen LogP contribution in [-0.4, -0.2) is 66.3 Å². The number of aryl methyl sites for hydroxylation is 1. The lowest BCUT2D eigenvalue weighted by Gasteiger charge is -2.26. The molecule has 0 atom stereocenters. The Balaban J connectivity index is 0.000000218. The molecule has 39 heavy (non-hydrogen) atoms. The monoisotopic (exact) mass is 565 g/mol. The molecular formula is C26H30F3N5O4S. The molecule has 13 heteroatoms. The van der Waals surface area contributed by atoms with Crippen molar-refractivity contribution in [2.24, 2.45) is 0 Å².